The van der Waals surface area contributed by atoms with Crippen molar-refractivity contribution in [1.29, 1.82) is 0 Å². The summed E-state index contributed by atoms with van der Waals surface area (Å²) in [6.45, 7) is 1.95. The molecule has 0 saturated heterocycles. The van der Waals surface area contributed by atoms with E-state index in [1.807, 2.05) is 31.2 Å². The largest absolute Gasteiger partial charge is 0.378 e. The van der Waals surface area contributed by atoms with Crippen molar-refractivity contribution < 1.29 is 14.6 Å². The van der Waals surface area contributed by atoms with Crippen LogP contribution >= 0.6 is 0 Å². The Balaban J connectivity index is 1.84. The van der Waals surface area contributed by atoms with E-state index in [9.17, 15) is 25.0 Å². The molecule has 8 nitrogen and oxygen atoms in total. The van der Waals surface area contributed by atoms with Gasteiger partial charge in [0, 0.05) is 41.9 Å². The number of anilines is 1. The minimum Gasteiger partial charge on any atom is -0.378 e. The third-order valence-corrected chi connectivity index (χ3v) is 4.65. The Labute approximate surface area is 172 Å². The van der Waals surface area contributed by atoms with E-state index in [1.165, 1.54) is 36.4 Å². The molecular formula is C22H19N3O5. The highest BCUT2D eigenvalue weighted by atomic mass is 16.6. The van der Waals surface area contributed by atoms with Crippen molar-refractivity contribution in [3.05, 3.63) is 110 Å². The number of nitro groups is 2. The van der Waals surface area contributed by atoms with Gasteiger partial charge in [-0.1, -0.05) is 29.8 Å². The van der Waals surface area contributed by atoms with Crippen molar-refractivity contribution in [1.82, 2.24) is 0 Å². The third kappa shape index (κ3) is 5.05. The SMILES string of the molecule is Cc1cccc(C(CC(=O)c2ccc([N+](=O)[O-])cc2)Nc2ccc([N+](=O)[O-])cc2)c1. The zero-order valence-corrected chi connectivity index (χ0v) is 16.1. The summed E-state index contributed by atoms with van der Waals surface area (Å²) in [6.07, 6.45) is 0.109. The fraction of sp³-hybridized carbons (Fsp3) is 0.136. The minimum absolute atomic E-state index is 0.0189. The molecule has 1 N–H and O–H groups in total. The summed E-state index contributed by atoms with van der Waals surface area (Å²) < 4.78 is 0. The standard InChI is InChI=1S/C22H19N3O5/c1-15-3-2-4-17(13-15)21(23-18-7-11-20(12-8-18)25(29)30)14-22(26)16-5-9-19(10-6-16)24(27)28/h2-13,21,23H,14H2,1H3. The first-order valence-corrected chi connectivity index (χ1v) is 9.18. The van der Waals surface area contributed by atoms with Crippen LogP contribution in [0.5, 0.6) is 0 Å². The number of ketones is 1. The molecule has 1 atom stereocenters. The predicted octanol–water partition coefficient (Wildman–Crippen LogP) is 5.24. The highest BCUT2D eigenvalue weighted by Crippen LogP contribution is 2.27. The Bertz CT molecular complexity index is 1080. The van der Waals surface area contributed by atoms with E-state index < -0.39 is 9.85 Å². The molecule has 0 spiro atoms. The van der Waals surface area contributed by atoms with Gasteiger partial charge >= 0.3 is 0 Å². The monoisotopic (exact) mass is 405 g/mol. The Hall–Kier alpha value is -4.07. The smallest absolute Gasteiger partial charge is 0.269 e. The Morgan fingerprint density at radius 3 is 2.00 bits per heavy atom. The molecular weight excluding hydrogens is 386 g/mol. The van der Waals surface area contributed by atoms with Crippen molar-refractivity contribution >= 4 is 22.8 Å². The first-order valence-electron chi connectivity index (χ1n) is 9.18. The minimum atomic E-state index is -0.514. The van der Waals surface area contributed by atoms with Gasteiger partial charge in [-0.15, -0.1) is 0 Å². The number of nitrogens with zero attached hydrogens (tertiary/aromatic N) is 2. The predicted molar refractivity (Wildman–Crippen MR) is 113 cm³/mol. The van der Waals surface area contributed by atoms with Crippen LogP contribution in [0.1, 0.15) is 33.9 Å². The number of benzene rings is 3. The third-order valence-electron chi connectivity index (χ3n) is 4.65. The van der Waals surface area contributed by atoms with Gasteiger partial charge in [0.05, 0.1) is 15.9 Å². The van der Waals surface area contributed by atoms with Gasteiger partial charge in [-0.25, -0.2) is 0 Å². The number of hydrogen-bond donors (Lipinski definition) is 1. The highest BCUT2D eigenvalue weighted by molar-refractivity contribution is 5.97. The summed E-state index contributed by atoms with van der Waals surface area (Å²) in [5.74, 6) is -0.175. The van der Waals surface area contributed by atoms with Gasteiger partial charge in [-0.2, -0.15) is 0 Å². The van der Waals surface area contributed by atoms with E-state index in [4.69, 9.17) is 0 Å². The average molecular weight is 405 g/mol. The van der Waals surface area contributed by atoms with Crippen LogP contribution in [0.3, 0.4) is 0 Å². The number of nitro benzene ring substituents is 2. The summed E-state index contributed by atoms with van der Waals surface area (Å²) >= 11 is 0. The molecule has 0 bridgehead atoms. The Kier molecular flexibility index (Phi) is 6.17. The molecule has 0 saturated carbocycles. The molecule has 30 heavy (non-hydrogen) atoms. The average Bonchev–Trinajstić information content (AvgIpc) is 2.73. The molecule has 3 rings (SSSR count). The topological polar surface area (TPSA) is 115 Å². The van der Waals surface area contributed by atoms with Gasteiger partial charge in [-0.05, 0) is 36.8 Å². The number of carbonyl (C=O) groups is 1. The zero-order valence-electron chi connectivity index (χ0n) is 16.1. The summed E-state index contributed by atoms with van der Waals surface area (Å²) in [7, 11) is 0. The lowest BCUT2D eigenvalue weighted by Crippen LogP contribution is -2.16. The van der Waals surface area contributed by atoms with Gasteiger partial charge in [-0.3, -0.25) is 25.0 Å². The molecule has 0 radical (unpaired) electrons. The van der Waals surface area contributed by atoms with Gasteiger partial charge < -0.3 is 5.32 Å². The molecule has 152 valence electrons. The number of hydrogen-bond acceptors (Lipinski definition) is 6. The number of non-ortho nitro benzene ring substituents is 2. The Morgan fingerprint density at radius 1 is 0.900 bits per heavy atom. The summed E-state index contributed by atoms with van der Waals surface area (Å²) in [4.78, 5) is 33.5. The first-order chi connectivity index (χ1) is 14.3. The molecule has 1 unspecified atom stereocenters. The quantitative estimate of drug-likeness (QED) is 0.311. The van der Waals surface area contributed by atoms with Crippen LogP contribution in [0.15, 0.2) is 72.8 Å². The van der Waals surface area contributed by atoms with Crippen molar-refractivity contribution in [3.63, 3.8) is 0 Å². The van der Waals surface area contributed by atoms with E-state index >= 15 is 0 Å². The maximum absolute atomic E-state index is 12.8. The maximum atomic E-state index is 12.8. The second-order valence-electron chi connectivity index (χ2n) is 6.85. The second-order valence-corrected chi connectivity index (χ2v) is 6.85. The maximum Gasteiger partial charge on any atom is 0.269 e. The van der Waals surface area contributed by atoms with E-state index in [2.05, 4.69) is 5.32 Å². The summed E-state index contributed by atoms with van der Waals surface area (Å²) in [6, 6.07) is 18.8. The number of nitrogens with one attached hydrogen (secondary N) is 1. The summed E-state index contributed by atoms with van der Waals surface area (Å²) in [5.41, 5.74) is 2.85. The lowest BCUT2D eigenvalue weighted by Gasteiger charge is -2.20. The molecule has 0 aromatic heterocycles. The molecule has 0 amide bonds. The fourth-order valence-electron chi connectivity index (χ4n) is 3.09. The molecule has 0 fully saturated rings. The number of carbonyl (C=O) groups excluding carboxylic acids is 1. The van der Waals surface area contributed by atoms with E-state index in [1.54, 1.807) is 12.1 Å². The van der Waals surface area contributed by atoms with Crippen LogP contribution in [0, 0.1) is 27.2 Å². The van der Waals surface area contributed by atoms with Crippen LogP contribution in [0.25, 0.3) is 0 Å². The van der Waals surface area contributed by atoms with Gasteiger partial charge in [0.1, 0.15) is 0 Å². The summed E-state index contributed by atoms with van der Waals surface area (Å²) in [5, 5.41) is 24.9. The number of rotatable bonds is 8. The van der Waals surface area contributed by atoms with Gasteiger partial charge in [0.15, 0.2) is 5.78 Å². The van der Waals surface area contributed by atoms with E-state index in [0.717, 1.165) is 11.1 Å². The van der Waals surface area contributed by atoms with Crippen molar-refractivity contribution in [2.24, 2.45) is 0 Å². The first kappa shape index (κ1) is 20.7. The van der Waals surface area contributed by atoms with Crippen LogP contribution in [-0.4, -0.2) is 15.6 Å². The van der Waals surface area contributed by atoms with E-state index in [-0.39, 0.29) is 29.6 Å². The molecule has 0 aliphatic rings. The molecule has 3 aromatic carbocycles. The lowest BCUT2D eigenvalue weighted by molar-refractivity contribution is -0.385. The van der Waals surface area contributed by atoms with Crippen molar-refractivity contribution in [2.45, 2.75) is 19.4 Å². The lowest BCUT2D eigenvalue weighted by atomic mass is 9.96. The molecule has 0 aliphatic carbocycles. The van der Waals surface area contributed by atoms with Crippen LogP contribution < -0.4 is 5.32 Å². The molecule has 8 heteroatoms. The number of aryl methyl sites for hydroxylation is 1. The van der Waals surface area contributed by atoms with Crippen molar-refractivity contribution in [2.75, 3.05) is 5.32 Å². The van der Waals surface area contributed by atoms with Gasteiger partial charge in [0.25, 0.3) is 11.4 Å². The van der Waals surface area contributed by atoms with Gasteiger partial charge in [0.2, 0.25) is 0 Å². The molecule has 0 heterocycles. The second kappa shape index (κ2) is 8.95. The highest BCUT2D eigenvalue weighted by Gasteiger charge is 2.19. The van der Waals surface area contributed by atoms with Crippen LogP contribution in [0.4, 0.5) is 17.1 Å². The van der Waals surface area contributed by atoms with Crippen molar-refractivity contribution in [3.8, 4) is 0 Å². The Morgan fingerprint density at radius 2 is 1.47 bits per heavy atom. The fourth-order valence-corrected chi connectivity index (χ4v) is 3.09. The van der Waals surface area contributed by atoms with Crippen LogP contribution in [-0.2, 0) is 0 Å². The van der Waals surface area contributed by atoms with Crippen LogP contribution in [0.2, 0.25) is 0 Å². The molecule has 0 aliphatic heterocycles. The number of Topliss-reactive ketones (excluding diaryl/α,β-unsaturated/α-hetero) is 1. The zero-order chi connectivity index (χ0) is 21.7. The normalized spacial score (nSPS) is 11.5. The van der Waals surface area contributed by atoms with E-state index in [0.29, 0.717) is 11.3 Å². The molecule has 3 aromatic rings.